The maximum Gasteiger partial charge on any atom is 0.135 e. The van der Waals surface area contributed by atoms with Gasteiger partial charge in [-0.25, -0.2) is 0 Å². The van der Waals surface area contributed by atoms with Gasteiger partial charge < -0.3 is 9.47 Å². The Morgan fingerprint density at radius 2 is 1.07 bits per heavy atom. The van der Waals surface area contributed by atoms with E-state index in [-0.39, 0.29) is 0 Å². The smallest absolute Gasteiger partial charge is 0.135 e. The summed E-state index contributed by atoms with van der Waals surface area (Å²) in [4.78, 5) is 0. The third-order valence-corrected chi connectivity index (χ3v) is 6.80. The van der Waals surface area contributed by atoms with Crippen LogP contribution in [0.4, 0.5) is 0 Å². The van der Waals surface area contributed by atoms with Gasteiger partial charge in [0, 0.05) is 26.6 Å². The van der Waals surface area contributed by atoms with Crippen LogP contribution in [0, 0.1) is 0 Å². The topological polar surface area (TPSA) is 18.5 Å². The van der Waals surface area contributed by atoms with Gasteiger partial charge in [0.2, 0.25) is 0 Å². The summed E-state index contributed by atoms with van der Waals surface area (Å²) < 4.78 is 13.3. The van der Waals surface area contributed by atoms with Crippen molar-refractivity contribution in [3.8, 4) is 11.5 Å². The molecule has 5 rings (SSSR count). The Labute approximate surface area is 178 Å². The third kappa shape index (κ3) is 3.92. The van der Waals surface area contributed by atoms with Crippen molar-refractivity contribution in [2.24, 2.45) is 0 Å². The van der Waals surface area contributed by atoms with Gasteiger partial charge in [-0.2, -0.15) is 0 Å². The van der Waals surface area contributed by atoms with E-state index in [9.17, 15) is 0 Å². The maximum absolute atomic E-state index is 6.67. The van der Waals surface area contributed by atoms with E-state index in [1.807, 2.05) is 6.07 Å². The fourth-order valence-corrected chi connectivity index (χ4v) is 5.20. The van der Waals surface area contributed by atoms with Gasteiger partial charge in [0.25, 0.3) is 0 Å². The first-order valence-electron chi connectivity index (χ1n) is 11.3. The molecule has 3 aromatic rings. The zero-order chi connectivity index (χ0) is 19.6. The quantitative estimate of drug-likeness (QED) is 0.406. The Kier molecular flexibility index (Phi) is 5.54. The van der Waals surface area contributed by atoms with Crippen molar-refractivity contribution in [1.29, 1.82) is 0 Å². The number of halogens is 1. The van der Waals surface area contributed by atoms with Crippen LogP contribution in [0.5, 0.6) is 11.5 Å². The van der Waals surface area contributed by atoms with Crippen LogP contribution >= 0.6 is 11.6 Å². The molecule has 0 saturated heterocycles. The molecular formula is C26H29ClO2. The first-order chi connectivity index (χ1) is 14.3. The van der Waals surface area contributed by atoms with Crippen LogP contribution < -0.4 is 9.47 Å². The van der Waals surface area contributed by atoms with Gasteiger partial charge in [0.05, 0.1) is 12.2 Å². The first-order valence-corrected chi connectivity index (χ1v) is 11.6. The number of rotatable bonds is 4. The predicted molar refractivity (Wildman–Crippen MR) is 121 cm³/mol. The lowest BCUT2D eigenvalue weighted by Gasteiger charge is -2.28. The number of fused-ring (bicyclic) bond motifs is 2. The monoisotopic (exact) mass is 408 g/mol. The number of benzene rings is 3. The molecule has 2 nitrogen and oxygen atoms in total. The zero-order valence-corrected chi connectivity index (χ0v) is 17.7. The molecule has 0 radical (unpaired) electrons. The molecule has 0 heterocycles. The summed E-state index contributed by atoms with van der Waals surface area (Å²) in [5.74, 6) is 1.97. The van der Waals surface area contributed by atoms with Gasteiger partial charge in [-0.15, -0.1) is 0 Å². The summed E-state index contributed by atoms with van der Waals surface area (Å²) in [6.07, 6.45) is 12.8. The highest BCUT2D eigenvalue weighted by molar-refractivity contribution is 6.31. The SMILES string of the molecule is Clc1ccc2c(OC3CCCCC3)c3ccccc3c(OC3CCCCC3)c2c1. The highest BCUT2D eigenvalue weighted by atomic mass is 35.5. The first kappa shape index (κ1) is 19.1. The van der Waals surface area contributed by atoms with Crippen LogP contribution in [-0.2, 0) is 0 Å². The highest BCUT2D eigenvalue weighted by Gasteiger charge is 2.23. The van der Waals surface area contributed by atoms with Gasteiger partial charge in [-0.05, 0) is 69.6 Å². The van der Waals surface area contributed by atoms with E-state index >= 15 is 0 Å². The second-order valence-corrected chi connectivity index (χ2v) is 9.09. The van der Waals surface area contributed by atoms with Crippen LogP contribution in [0.15, 0.2) is 42.5 Å². The molecule has 29 heavy (non-hydrogen) atoms. The highest BCUT2D eigenvalue weighted by Crippen LogP contribution is 2.45. The third-order valence-electron chi connectivity index (χ3n) is 6.56. The fraction of sp³-hybridized carbons (Fsp3) is 0.462. The lowest BCUT2D eigenvalue weighted by molar-refractivity contribution is 0.156. The molecule has 0 amide bonds. The summed E-state index contributed by atoms with van der Waals surface area (Å²) in [6, 6.07) is 14.7. The van der Waals surface area contributed by atoms with E-state index in [1.54, 1.807) is 0 Å². The zero-order valence-electron chi connectivity index (χ0n) is 17.0. The lowest BCUT2D eigenvalue weighted by Crippen LogP contribution is -2.21. The summed E-state index contributed by atoms with van der Waals surface area (Å²) in [5.41, 5.74) is 0. The van der Waals surface area contributed by atoms with Crippen molar-refractivity contribution in [3.05, 3.63) is 47.5 Å². The number of hydrogen-bond acceptors (Lipinski definition) is 2. The Morgan fingerprint density at radius 1 is 0.586 bits per heavy atom. The van der Waals surface area contributed by atoms with E-state index < -0.39 is 0 Å². The molecule has 2 aliphatic carbocycles. The van der Waals surface area contributed by atoms with E-state index in [0.29, 0.717) is 12.2 Å². The molecule has 152 valence electrons. The number of ether oxygens (including phenoxy) is 2. The fourth-order valence-electron chi connectivity index (χ4n) is 5.02. The van der Waals surface area contributed by atoms with Crippen molar-refractivity contribution in [2.75, 3.05) is 0 Å². The molecule has 0 unspecified atom stereocenters. The molecule has 3 aromatic carbocycles. The van der Waals surface area contributed by atoms with Crippen molar-refractivity contribution in [3.63, 3.8) is 0 Å². The summed E-state index contributed by atoms with van der Waals surface area (Å²) >= 11 is 6.43. The summed E-state index contributed by atoms with van der Waals surface area (Å²) in [5, 5.41) is 5.22. The van der Waals surface area contributed by atoms with Gasteiger partial charge >= 0.3 is 0 Å². The van der Waals surface area contributed by atoms with Crippen LogP contribution in [0.1, 0.15) is 64.2 Å². The minimum Gasteiger partial charge on any atom is -0.489 e. The molecule has 0 bridgehead atoms. The van der Waals surface area contributed by atoms with Crippen LogP contribution in [0.3, 0.4) is 0 Å². The standard InChI is InChI=1S/C26H29ClO2/c27-18-15-16-23-24(17-18)26(29-20-11-5-2-6-12-20)22-14-8-7-13-21(22)25(23)28-19-9-3-1-4-10-19/h7-8,13-17,19-20H,1-6,9-12H2. The molecule has 0 aromatic heterocycles. The minimum absolute atomic E-state index is 0.291. The Balaban J connectivity index is 1.67. The Hall–Kier alpha value is -1.93. The summed E-state index contributed by atoms with van der Waals surface area (Å²) in [6.45, 7) is 0. The molecule has 2 aliphatic rings. The predicted octanol–water partition coefficient (Wildman–Crippen LogP) is 8.07. The van der Waals surface area contributed by atoms with Gasteiger partial charge in [-0.3, -0.25) is 0 Å². The minimum atomic E-state index is 0.291. The summed E-state index contributed by atoms with van der Waals surface area (Å²) in [7, 11) is 0. The van der Waals surface area contributed by atoms with Gasteiger partial charge in [-0.1, -0.05) is 48.7 Å². The van der Waals surface area contributed by atoms with E-state index in [0.717, 1.165) is 63.7 Å². The van der Waals surface area contributed by atoms with Crippen molar-refractivity contribution in [1.82, 2.24) is 0 Å². The van der Waals surface area contributed by atoms with E-state index in [4.69, 9.17) is 21.1 Å². The van der Waals surface area contributed by atoms with Crippen LogP contribution in [0.2, 0.25) is 5.02 Å². The van der Waals surface area contributed by atoms with Crippen molar-refractivity contribution >= 4 is 33.1 Å². The second kappa shape index (κ2) is 8.44. The van der Waals surface area contributed by atoms with Crippen LogP contribution in [-0.4, -0.2) is 12.2 Å². The average Bonchev–Trinajstić information content (AvgIpc) is 2.77. The Morgan fingerprint density at radius 3 is 1.62 bits per heavy atom. The molecule has 2 saturated carbocycles. The number of hydrogen-bond donors (Lipinski definition) is 0. The maximum atomic E-state index is 6.67. The van der Waals surface area contributed by atoms with Crippen LogP contribution in [0.25, 0.3) is 21.5 Å². The van der Waals surface area contributed by atoms with E-state index in [2.05, 4.69) is 36.4 Å². The molecule has 3 heteroatoms. The largest absolute Gasteiger partial charge is 0.489 e. The lowest BCUT2D eigenvalue weighted by atomic mass is 9.96. The van der Waals surface area contributed by atoms with Gasteiger partial charge in [0.15, 0.2) is 0 Å². The van der Waals surface area contributed by atoms with Gasteiger partial charge in [0.1, 0.15) is 11.5 Å². The normalized spacial score (nSPS) is 18.9. The van der Waals surface area contributed by atoms with E-state index in [1.165, 1.54) is 38.5 Å². The molecule has 0 atom stereocenters. The molecule has 0 aliphatic heterocycles. The Bertz CT molecular complexity index is 1000. The molecule has 0 N–H and O–H groups in total. The second-order valence-electron chi connectivity index (χ2n) is 8.65. The molecule has 2 fully saturated rings. The molecule has 0 spiro atoms. The average molecular weight is 409 g/mol. The van der Waals surface area contributed by atoms with Crippen molar-refractivity contribution in [2.45, 2.75) is 76.4 Å². The molecular weight excluding hydrogens is 380 g/mol. The van der Waals surface area contributed by atoms with Crippen molar-refractivity contribution < 1.29 is 9.47 Å².